The fourth-order valence-electron chi connectivity index (χ4n) is 15.3. The van der Waals surface area contributed by atoms with Gasteiger partial charge in [-0.05, 0) is 269 Å². The SMILES string of the molecule is C=C1C=Cc2cc(C(=O)NC)[nH]c2N1c1ccc(C(F)(F)F)cc1.C=C1C=Cc2cc(C(=O)NCc3nc4ccccc4[nH]3)[nH]c2N1c1ccc(OC(C)C)cc1.C=C1C=Cc2cc(C(=O)Nc3cccc(S(C)(=O)=O)c3)[nH]c2N1c1ccc(Cl)cc1.C=C1C=Cc2cc(C(=O)Nc3nccs3)[nH]c2N1c1ccc(F)cc1.Cc1cccc(-n2c(=O)ccc3cc(C(=O)Nc4cccc(Cl)c4)[nH]c32)c1. The molecule has 20 rings (SSSR count). The molecule has 4 aliphatic heterocycles. The number of para-hydroxylation sites is 2. The molecule has 5 amide bonds. The highest BCUT2D eigenvalue weighted by atomic mass is 35.5. The maximum Gasteiger partial charge on any atom is 0.416 e. The summed E-state index contributed by atoms with van der Waals surface area (Å²) in [7, 11) is -1.85. The zero-order valence-corrected chi connectivity index (χ0v) is 77.9. The Kier molecular flexibility index (Phi) is 27.8. The van der Waals surface area contributed by atoms with Crippen molar-refractivity contribution >= 4 is 183 Å². The highest BCUT2D eigenvalue weighted by Gasteiger charge is 2.33. The van der Waals surface area contributed by atoms with Gasteiger partial charge in [-0.25, -0.2) is 22.8 Å². The number of anilines is 11. The van der Waals surface area contributed by atoms with Crippen LogP contribution < -0.4 is 56.5 Å². The molecule has 8 aromatic carbocycles. The standard InChI is InChI=1S/C26H25N5O2.C22H18ClN3O3S.C21H16ClN3O2.C18H13FN4OS.C17H14F3N3O/c1-16(2)33-20-12-10-19(11-13-20)31-17(3)8-9-18-14-23(30-25(18)31)26(32)27-15-24-28-21-6-4-5-7-22(21)29-24;1-14-6-7-15-12-20(25-21(15)26(14)18-10-8-16(23)9-11-18)22(27)24-17-4-3-5-19(13-17)30(2,28)29;1-13-4-2-7-17(10-13)25-19(26)9-8-14-11-18(24-20(14)25)21(27)23-16-6-3-5-15(22)12-16;1-11-2-3-12-10-15(17(24)22-18-20-8-9-25-18)21-16(12)23(11)14-6-4-13(19)5-7-14;1-10-3-4-11-9-14(16(24)21-2)22-15(11)23(10)13-7-5-12(6-8-13)17(18,19)20/h4-14,16,30H,3,15H2,1-2H3,(H,27,32)(H,28,29);3-13,25H,1H2,2H3,(H,24,27);2-12,24H,1H3,(H,23,27);2-10,21H,1H2,(H,20,22,24);3-9,22H,1H2,2H3,(H,21,24). The Bertz CT molecular complexity index is 7760. The minimum atomic E-state index is -4.39. The summed E-state index contributed by atoms with van der Waals surface area (Å²) in [6.07, 6.45) is 13.4. The van der Waals surface area contributed by atoms with E-state index >= 15 is 0 Å². The Balaban J connectivity index is 0.000000126. The summed E-state index contributed by atoms with van der Waals surface area (Å²) < 4.78 is 82.2. The van der Waals surface area contributed by atoms with E-state index in [1.54, 1.807) is 124 Å². The molecular weight excluding hydrogens is 1860 g/mol. The Morgan fingerprint density at radius 2 is 0.971 bits per heavy atom. The lowest BCUT2D eigenvalue weighted by atomic mass is 10.1. The van der Waals surface area contributed by atoms with Crippen LogP contribution in [0, 0.1) is 12.7 Å². The van der Waals surface area contributed by atoms with Crippen molar-refractivity contribution in [3.8, 4) is 11.4 Å². The predicted molar refractivity (Wildman–Crippen MR) is 542 cm³/mol. The maximum absolute atomic E-state index is 13.2. The molecule has 27 nitrogen and oxygen atoms in total. The van der Waals surface area contributed by atoms with E-state index in [1.165, 1.54) is 60.8 Å². The van der Waals surface area contributed by atoms with Gasteiger partial charge in [-0.1, -0.05) is 85.9 Å². The molecule has 139 heavy (non-hydrogen) atoms. The topological polar surface area (TPSA) is 344 Å². The van der Waals surface area contributed by atoms with Gasteiger partial charge in [-0.15, -0.1) is 11.3 Å². The number of imidazole rings is 1. The number of alkyl halides is 3. The number of fused-ring (bicyclic) bond motifs is 6. The number of amides is 5. The second kappa shape index (κ2) is 40.7. The molecular formula is C104H86Cl2F4N18O9S2. The molecule has 16 aromatic rings. The lowest BCUT2D eigenvalue weighted by molar-refractivity contribution is -0.137. The predicted octanol–water partition coefficient (Wildman–Crippen LogP) is 23.4. The van der Waals surface area contributed by atoms with Crippen LogP contribution in [0.25, 0.3) is 52.1 Å². The van der Waals surface area contributed by atoms with Crippen LogP contribution in [-0.2, 0) is 22.6 Å². The number of H-pyrrole nitrogens is 6. The number of ether oxygens (including phenoxy) is 1. The van der Waals surface area contributed by atoms with Gasteiger partial charge in [-0.3, -0.25) is 58.3 Å². The third-order valence-electron chi connectivity index (χ3n) is 21.8. The number of carbonyl (C=O) groups excluding carboxylic acids is 5. The number of nitrogens with zero attached hydrogens (tertiary/aromatic N) is 7. The van der Waals surface area contributed by atoms with E-state index in [2.05, 4.69) is 92.8 Å². The number of hydrogen-bond acceptors (Lipinski definition) is 16. The van der Waals surface area contributed by atoms with Gasteiger partial charge in [0, 0.05) is 126 Å². The van der Waals surface area contributed by atoms with Crippen molar-refractivity contribution in [1.29, 1.82) is 0 Å². The number of aryl methyl sites for hydroxylation is 1. The van der Waals surface area contributed by atoms with Crippen molar-refractivity contribution in [3.05, 3.63) is 415 Å². The average molecular weight is 1940 g/mol. The molecule has 0 fully saturated rings. The summed E-state index contributed by atoms with van der Waals surface area (Å²) in [4.78, 5) is 110. The van der Waals surface area contributed by atoms with Gasteiger partial charge < -0.3 is 55.9 Å². The van der Waals surface area contributed by atoms with Crippen molar-refractivity contribution < 1.29 is 54.7 Å². The fourth-order valence-corrected chi connectivity index (χ4v) is 16.8. The lowest BCUT2D eigenvalue weighted by Crippen LogP contribution is -2.24. The summed E-state index contributed by atoms with van der Waals surface area (Å²) in [5.41, 5.74) is 15.4. The number of aromatic amines is 6. The second-order valence-electron chi connectivity index (χ2n) is 32.1. The largest absolute Gasteiger partial charge is 0.491 e. The number of nitrogens with one attached hydrogen (secondary N) is 11. The van der Waals surface area contributed by atoms with Gasteiger partial charge in [0.25, 0.3) is 35.1 Å². The number of halogens is 6. The minimum absolute atomic E-state index is 0.111. The number of rotatable bonds is 18. The quantitative estimate of drug-likeness (QED) is 0.0356. The van der Waals surface area contributed by atoms with Crippen LogP contribution >= 0.6 is 34.5 Å². The second-order valence-corrected chi connectivity index (χ2v) is 35.8. The first-order valence-corrected chi connectivity index (χ1v) is 46.4. The number of allylic oxidation sites excluding steroid dienone is 4. The third-order valence-corrected chi connectivity index (χ3v) is 24.0. The molecule has 0 aliphatic carbocycles. The molecule has 0 radical (unpaired) electrons. The van der Waals surface area contributed by atoms with Gasteiger partial charge in [0.2, 0.25) is 0 Å². The summed E-state index contributed by atoms with van der Waals surface area (Å²) in [5, 5.41) is 18.0. The van der Waals surface area contributed by atoms with Crippen molar-refractivity contribution in [2.24, 2.45) is 0 Å². The van der Waals surface area contributed by atoms with Gasteiger partial charge >= 0.3 is 6.18 Å². The smallest absolute Gasteiger partial charge is 0.416 e. The summed E-state index contributed by atoms with van der Waals surface area (Å²) in [6.45, 7) is 22.4. The molecule has 0 spiro atoms. The number of pyridine rings is 1. The van der Waals surface area contributed by atoms with Gasteiger partial charge in [-0.2, -0.15) is 13.2 Å². The van der Waals surface area contributed by atoms with E-state index < -0.39 is 21.6 Å². The van der Waals surface area contributed by atoms with Crippen LogP contribution in [0.2, 0.25) is 10.0 Å². The molecule has 0 bridgehead atoms. The molecule has 8 aromatic heterocycles. The molecule has 0 atom stereocenters. The molecule has 35 heteroatoms. The zero-order valence-electron chi connectivity index (χ0n) is 74.8. The van der Waals surface area contributed by atoms with E-state index in [0.29, 0.717) is 108 Å². The Morgan fingerprint density at radius 1 is 0.496 bits per heavy atom. The number of sulfone groups is 1. The first-order valence-electron chi connectivity index (χ1n) is 42.8. The van der Waals surface area contributed by atoms with E-state index in [0.717, 1.165) is 108 Å². The van der Waals surface area contributed by atoms with Gasteiger partial charge in [0.1, 0.15) is 74.8 Å². The first-order chi connectivity index (χ1) is 66.6. The number of thiazole rings is 1. The third kappa shape index (κ3) is 22.0. The molecule has 700 valence electrons. The molecule has 4 aliphatic rings. The van der Waals surface area contributed by atoms with Crippen LogP contribution in [0.1, 0.15) is 105 Å². The molecule has 0 unspecified atom stereocenters. The van der Waals surface area contributed by atoms with Crippen molar-refractivity contribution in [2.45, 2.75) is 44.5 Å². The van der Waals surface area contributed by atoms with Crippen LogP contribution in [-0.4, -0.2) is 102 Å². The summed E-state index contributed by atoms with van der Waals surface area (Å²) in [6, 6.07) is 66.5. The maximum atomic E-state index is 13.2. The van der Waals surface area contributed by atoms with Crippen LogP contribution in [0.3, 0.4) is 0 Å². The van der Waals surface area contributed by atoms with Crippen LogP contribution in [0.15, 0.2) is 331 Å². The van der Waals surface area contributed by atoms with E-state index in [1.807, 2.05) is 163 Å². The Morgan fingerprint density at radius 3 is 1.46 bits per heavy atom. The first kappa shape index (κ1) is 95.2. The number of aromatic nitrogens is 9. The van der Waals surface area contributed by atoms with Crippen LogP contribution in [0.4, 0.5) is 80.1 Å². The number of carbonyl (C=O) groups is 5. The van der Waals surface area contributed by atoms with E-state index in [4.69, 9.17) is 27.9 Å². The Hall–Kier alpha value is -17.0. The Labute approximate surface area is 807 Å². The van der Waals surface area contributed by atoms with E-state index in [9.17, 15) is 54.7 Å². The van der Waals surface area contributed by atoms with Crippen molar-refractivity contribution in [1.82, 2.24) is 55.1 Å². The highest BCUT2D eigenvalue weighted by Crippen LogP contribution is 2.43. The van der Waals surface area contributed by atoms with Gasteiger partial charge in [0.15, 0.2) is 15.0 Å². The number of benzene rings is 8. The normalized spacial score (nSPS) is 12.8. The summed E-state index contributed by atoms with van der Waals surface area (Å²) >= 11 is 13.3. The van der Waals surface area contributed by atoms with E-state index in [-0.39, 0.29) is 51.9 Å². The van der Waals surface area contributed by atoms with Crippen molar-refractivity contribution in [3.63, 3.8) is 0 Å². The molecule has 11 N–H and O–H groups in total. The monoisotopic (exact) mass is 1940 g/mol. The average Bonchev–Trinajstić information content (AvgIpc) is 1.63. The molecule has 0 saturated carbocycles. The minimum Gasteiger partial charge on any atom is -0.491 e. The number of hydrogen-bond donors (Lipinski definition) is 11. The zero-order chi connectivity index (χ0) is 98.3. The summed E-state index contributed by atoms with van der Waals surface area (Å²) in [5.74, 6) is 2.56. The molecule has 0 saturated heterocycles. The van der Waals surface area contributed by atoms with Gasteiger partial charge in [0.05, 0.1) is 39.8 Å². The highest BCUT2D eigenvalue weighted by molar-refractivity contribution is 7.90. The van der Waals surface area contributed by atoms with Crippen LogP contribution in [0.5, 0.6) is 5.75 Å². The van der Waals surface area contributed by atoms with Crippen molar-refractivity contribution in [2.75, 3.05) is 48.9 Å². The molecule has 12 heterocycles. The lowest BCUT2D eigenvalue weighted by Gasteiger charge is -2.27. The fraction of sp³-hybridized carbons (Fsp3) is 0.0769.